The van der Waals surface area contributed by atoms with E-state index in [1.807, 2.05) is 12.1 Å². The van der Waals surface area contributed by atoms with E-state index in [0.29, 0.717) is 0 Å². The largest absolute Gasteiger partial charge is 0.481 e. The van der Waals surface area contributed by atoms with Gasteiger partial charge in [0.2, 0.25) is 0 Å². The number of hydrogen-bond acceptors (Lipinski definition) is 3. The van der Waals surface area contributed by atoms with Gasteiger partial charge in [-0.3, -0.25) is 4.79 Å². The van der Waals surface area contributed by atoms with Crippen LogP contribution in [-0.4, -0.2) is 11.1 Å². The molecule has 0 aliphatic heterocycles. The molecule has 1 aromatic heterocycles. The van der Waals surface area contributed by atoms with E-state index in [9.17, 15) is 4.79 Å². The number of halogens is 1. The van der Waals surface area contributed by atoms with Crippen molar-refractivity contribution in [2.75, 3.05) is 0 Å². The van der Waals surface area contributed by atoms with Gasteiger partial charge in [0.25, 0.3) is 0 Å². The van der Waals surface area contributed by atoms with Crippen molar-refractivity contribution >= 4 is 33.2 Å². The second-order valence-electron chi connectivity index (χ2n) is 2.35. The summed E-state index contributed by atoms with van der Waals surface area (Å²) in [5.41, 5.74) is 5.62. The van der Waals surface area contributed by atoms with Crippen molar-refractivity contribution in [3.8, 4) is 0 Å². The monoisotopic (exact) mass is 249 g/mol. The van der Waals surface area contributed by atoms with Crippen molar-refractivity contribution < 1.29 is 9.90 Å². The summed E-state index contributed by atoms with van der Waals surface area (Å²) in [6.45, 7) is 0. The summed E-state index contributed by atoms with van der Waals surface area (Å²) < 4.78 is 0.971. The molecule has 0 amide bonds. The maximum absolute atomic E-state index is 10.3. The molecular weight excluding hydrogens is 242 g/mol. The second-order valence-corrected chi connectivity index (χ2v) is 4.84. The van der Waals surface area contributed by atoms with Gasteiger partial charge in [-0.1, -0.05) is 0 Å². The zero-order chi connectivity index (χ0) is 9.14. The molecule has 12 heavy (non-hydrogen) atoms. The van der Waals surface area contributed by atoms with E-state index < -0.39 is 12.0 Å². The van der Waals surface area contributed by atoms with Crippen LogP contribution in [0.15, 0.2) is 15.9 Å². The number of carbonyl (C=O) groups is 1. The highest BCUT2D eigenvalue weighted by molar-refractivity contribution is 9.11. The lowest BCUT2D eigenvalue weighted by Crippen LogP contribution is -2.13. The Morgan fingerprint density at radius 2 is 2.42 bits per heavy atom. The Hall–Kier alpha value is -0.390. The summed E-state index contributed by atoms with van der Waals surface area (Å²) in [5.74, 6) is -0.868. The highest BCUT2D eigenvalue weighted by Gasteiger charge is 2.11. The molecule has 0 aromatic carbocycles. The molecule has 0 spiro atoms. The standard InChI is InChI=1S/C7H8BrNO2S/c8-6-2-1-5(12-6)4(9)3-7(10)11/h1-2,4H,3,9H2,(H,10,11). The van der Waals surface area contributed by atoms with Crippen LogP contribution in [-0.2, 0) is 4.79 Å². The molecule has 0 radical (unpaired) electrons. The first kappa shape index (κ1) is 9.70. The summed E-state index contributed by atoms with van der Waals surface area (Å²) in [7, 11) is 0. The fraction of sp³-hybridized carbons (Fsp3) is 0.286. The summed E-state index contributed by atoms with van der Waals surface area (Å²) >= 11 is 4.75. The lowest BCUT2D eigenvalue weighted by molar-refractivity contribution is -0.137. The Bertz CT molecular complexity index is 287. The van der Waals surface area contributed by atoms with Gasteiger partial charge in [-0.15, -0.1) is 11.3 Å². The van der Waals surface area contributed by atoms with Crippen molar-refractivity contribution in [3.63, 3.8) is 0 Å². The summed E-state index contributed by atoms with van der Waals surface area (Å²) in [4.78, 5) is 11.2. The molecule has 0 bridgehead atoms. The lowest BCUT2D eigenvalue weighted by Gasteiger charge is -2.04. The minimum atomic E-state index is -0.868. The predicted molar refractivity (Wildman–Crippen MR) is 51.2 cm³/mol. The number of nitrogens with two attached hydrogens (primary N) is 1. The molecule has 1 aromatic rings. The number of carboxylic acid groups (broad SMARTS) is 1. The molecule has 1 unspecified atom stereocenters. The van der Waals surface area contributed by atoms with Gasteiger partial charge in [0.1, 0.15) is 0 Å². The Labute approximate surface area is 82.3 Å². The van der Waals surface area contributed by atoms with Gasteiger partial charge in [0.05, 0.1) is 10.2 Å². The summed E-state index contributed by atoms with van der Waals surface area (Å²) in [5, 5.41) is 8.46. The van der Waals surface area contributed by atoms with E-state index in [2.05, 4.69) is 15.9 Å². The Morgan fingerprint density at radius 1 is 1.75 bits per heavy atom. The van der Waals surface area contributed by atoms with Crippen molar-refractivity contribution in [2.24, 2.45) is 5.73 Å². The Kier molecular flexibility index (Phi) is 3.25. The zero-order valence-electron chi connectivity index (χ0n) is 6.16. The smallest absolute Gasteiger partial charge is 0.305 e. The third kappa shape index (κ3) is 2.58. The van der Waals surface area contributed by atoms with Gasteiger partial charge in [0, 0.05) is 10.9 Å². The Morgan fingerprint density at radius 3 is 2.83 bits per heavy atom. The summed E-state index contributed by atoms with van der Waals surface area (Å²) in [6, 6.07) is 3.31. The van der Waals surface area contributed by atoms with Crippen LogP contribution in [0.2, 0.25) is 0 Å². The third-order valence-corrected chi connectivity index (χ3v) is 3.11. The van der Waals surface area contributed by atoms with Gasteiger partial charge in [-0.2, -0.15) is 0 Å². The molecule has 3 nitrogen and oxygen atoms in total. The third-order valence-electron chi connectivity index (χ3n) is 1.35. The number of hydrogen-bond donors (Lipinski definition) is 2. The zero-order valence-corrected chi connectivity index (χ0v) is 8.56. The minimum Gasteiger partial charge on any atom is -0.481 e. The van der Waals surface area contributed by atoms with E-state index in [0.717, 1.165) is 8.66 Å². The molecule has 1 atom stereocenters. The van der Waals surface area contributed by atoms with Crippen LogP contribution in [0, 0.1) is 0 Å². The van der Waals surface area contributed by atoms with Crippen LogP contribution < -0.4 is 5.73 Å². The van der Waals surface area contributed by atoms with Crippen LogP contribution in [0.5, 0.6) is 0 Å². The van der Waals surface area contributed by atoms with Crippen molar-refractivity contribution in [2.45, 2.75) is 12.5 Å². The molecule has 0 aliphatic carbocycles. The normalized spacial score (nSPS) is 12.8. The lowest BCUT2D eigenvalue weighted by atomic mass is 10.2. The molecular formula is C7H8BrNO2S. The highest BCUT2D eigenvalue weighted by atomic mass is 79.9. The number of aliphatic carboxylic acids is 1. The molecule has 0 fully saturated rings. The van der Waals surface area contributed by atoms with Crippen molar-refractivity contribution in [1.82, 2.24) is 0 Å². The van der Waals surface area contributed by atoms with Crippen LogP contribution >= 0.6 is 27.3 Å². The molecule has 0 saturated heterocycles. The van der Waals surface area contributed by atoms with E-state index >= 15 is 0 Å². The van der Waals surface area contributed by atoms with Crippen molar-refractivity contribution in [3.05, 3.63) is 20.8 Å². The Balaban J connectivity index is 2.64. The van der Waals surface area contributed by atoms with E-state index in [4.69, 9.17) is 10.8 Å². The van der Waals surface area contributed by atoms with Gasteiger partial charge in [0.15, 0.2) is 0 Å². The maximum Gasteiger partial charge on any atom is 0.305 e. The average Bonchev–Trinajstić information content (AvgIpc) is 2.34. The fourth-order valence-corrected chi connectivity index (χ4v) is 2.24. The van der Waals surface area contributed by atoms with Crippen LogP contribution in [0.1, 0.15) is 17.3 Å². The average molecular weight is 250 g/mol. The highest BCUT2D eigenvalue weighted by Crippen LogP contribution is 2.27. The molecule has 0 aliphatic rings. The second kappa shape index (κ2) is 4.02. The molecule has 66 valence electrons. The first-order valence-electron chi connectivity index (χ1n) is 3.32. The quantitative estimate of drug-likeness (QED) is 0.862. The van der Waals surface area contributed by atoms with E-state index in [-0.39, 0.29) is 6.42 Å². The number of carboxylic acids is 1. The van der Waals surface area contributed by atoms with Crippen molar-refractivity contribution in [1.29, 1.82) is 0 Å². The first-order chi connectivity index (χ1) is 5.59. The van der Waals surface area contributed by atoms with E-state index in [1.165, 1.54) is 11.3 Å². The minimum absolute atomic E-state index is 0.0209. The SMILES string of the molecule is NC(CC(=O)O)c1ccc(Br)s1. The van der Waals surface area contributed by atoms with Crippen LogP contribution in [0.25, 0.3) is 0 Å². The fourth-order valence-electron chi connectivity index (χ4n) is 0.816. The van der Waals surface area contributed by atoms with Gasteiger partial charge >= 0.3 is 5.97 Å². The molecule has 1 heterocycles. The van der Waals surface area contributed by atoms with Gasteiger partial charge in [-0.25, -0.2) is 0 Å². The molecule has 5 heteroatoms. The first-order valence-corrected chi connectivity index (χ1v) is 4.93. The van der Waals surface area contributed by atoms with Gasteiger partial charge in [-0.05, 0) is 28.1 Å². The molecule has 0 saturated carbocycles. The van der Waals surface area contributed by atoms with E-state index in [1.54, 1.807) is 0 Å². The maximum atomic E-state index is 10.3. The number of rotatable bonds is 3. The molecule has 1 rings (SSSR count). The summed E-state index contributed by atoms with van der Waals surface area (Å²) in [6.07, 6.45) is -0.0209. The topological polar surface area (TPSA) is 63.3 Å². The van der Waals surface area contributed by atoms with Crippen LogP contribution in [0.3, 0.4) is 0 Å². The predicted octanol–water partition coefficient (Wildman–Crippen LogP) is 1.99. The van der Waals surface area contributed by atoms with Crippen LogP contribution in [0.4, 0.5) is 0 Å². The molecule has 3 N–H and O–H groups in total. The number of thiophene rings is 1. The van der Waals surface area contributed by atoms with Gasteiger partial charge < -0.3 is 10.8 Å².